The van der Waals surface area contributed by atoms with Gasteiger partial charge >= 0.3 is 0 Å². The van der Waals surface area contributed by atoms with Crippen LogP contribution in [0.1, 0.15) is 38.5 Å². The molecular formula is C13H26Si. The average Bonchev–Trinajstić information content (AvgIpc) is 2.02. The summed E-state index contributed by atoms with van der Waals surface area (Å²) in [5.74, 6) is 0.979. The van der Waals surface area contributed by atoms with Gasteiger partial charge in [-0.1, -0.05) is 57.3 Å². The van der Waals surface area contributed by atoms with Crippen LogP contribution < -0.4 is 0 Å². The summed E-state index contributed by atoms with van der Waals surface area (Å²) in [5.41, 5.74) is 1.54. The third kappa shape index (κ3) is 4.99. The summed E-state index contributed by atoms with van der Waals surface area (Å²) in [4.78, 5) is 0. The van der Waals surface area contributed by atoms with E-state index >= 15 is 0 Å². The first-order chi connectivity index (χ1) is 6.47. The lowest BCUT2D eigenvalue weighted by Gasteiger charge is -2.25. The molecule has 1 saturated carbocycles. The van der Waals surface area contributed by atoms with E-state index in [-0.39, 0.29) is 0 Å². The molecule has 0 heterocycles. The van der Waals surface area contributed by atoms with E-state index in [0.717, 1.165) is 5.92 Å². The fraction of sp³-hybridized carbons (Fsp3) is 0.846. The molecule has 0 spiro atoms. The summed E-state index contributed by atoms with van der Waals surface area (Å²) in [6, 6.07) is 1.34. The van der Waals surface area contributed by atoms with E-state index in [1.165, 1.54) is 50.1 Å². The molecule has 1 heteroatoms. The molecule has 0 nitrogen and oxygen atoms in total. The minimum atomic E-state index is -0.904. The van der Waals surface area contributed by atoms with Crippen molar-refractivity contribution in [2.75, 3.05) is 0 Å². The third-order valence-corrected chi connectivity index (χ3v) is 4.64. The van der Waals surface area contributed by atoms with Gasteiger partial charge < -0.3 is 0 Å². The zero-order valence-electron chi connectivity index (χ0n) is 10.2. The number of hydrogen-bond acceptors (Lipinski definition) is 0. The van der Waals surface area contributed by atoms with Crippen LogP contribution >= 0.6 is 0 Å². The molecule has 0 atom stereocenters. The SMILES string of the molecule is C=C(CC1CCCCC1)C[Si](C)(C)C. The first-order valence-electron chi connectivity index (χ1n) is 6.14. The van der Waals surface area contributed by atoms with Crippen molar-refractivity contribution >= 4 is 8.07 Å². The largest absolute Gasteiger partial charge is 0.100 e. The van der Waals surface area contributed by atoms with Gasteiger partial charge in [-0.3, -0.25) is 0 Å². The first-order valence-corrected chi connectivity index (χ1v) is 9.85. The summed E-state index contributed by atoms with van der Waals surface area (Å²) in [7, 11) is -0.904. The summed E-state index contributed by atoms with van der Waals surface area (Å²) >= 11 is 0. The molecule has 1 fully saturated rings. The molecule has 1 aliphatic rings. The van der Waals surface area contributed by atoms with E-state index in [4.69, 9.17) is 0 Å². The maximum Gasteiger partial charge on any atom is 0.0483 e. The smallest absolute Gasteiger partial charge is 0.0483 e. The van der Waals surface area contributed by atoms with Gasteiger partial charge in [-0.05, 0) is 18.4 Å². The number of hydrogen-bond donors (Lipinski definition) is 0. The molecule has 0 bridgehead atoms. The van der Waals surface area contributed by atoms with Gasteiger partial charge in [0.2, 0.25) is 0 Å². The predicted octanol–water partition coefficient (Wildman–Crippen LogP) is 4.85. The Labute approximate surface area is 90.8 Å². The molecular weight excluding hydrogens is 184 g/mol. The highest BCUT2D eigenvalue weighted by atomic mass is 28.3. The summed E-state index contributed by atoms with van der Waals surface area (Å²) in [6.45, 7) is 11.6. The Bertz CT molecular complexity index is 182. The Morgan fingerprint density at radius 1 is 1.14 bits per heavy atom. The van der Waals surface area contributed by atoms with Gasteiger partial charge in [0.1, 0.15) is 0 Å². The van der Waals surface area contributed by atoms with Crippen LogP contribution in [0.5, 0.6) is 0 Å². The Balaban J connectivity index is 2.25. The Kier molecular flexibility index (Phi) is 4.43. The highest BCUT2D eigenvalue weighted by molar-refractivity contribution is 6.76. The quantitative estimate of drug-likeness (QED) is 0.459. The van der Waals surface area contributed by atoms with Gasteiger partial charge in [0.15, 0.2) is 0 Å². The molecule has 0 saturated heterocycles. The molecule has 1 rings (SSSR count). The van der Waals surface area contributed by atoms with Crippen LogP contribution in [0.2, 0.25) is 25.7 Å². The normalized spacial score (nSPS) is 19.6. The summed E-state index contributed by atoms with van der Waals surface area (Å²) in [5, 5.41) is 0. The first kappa shape index (κ1) is 12.0. The van der Waals surface area contributed by atoms with Crippen molar-refractivity contribution in [1.82, 2.24) is 0 Å². The van der Waals surface area contributed by atoms with Crippen LogP contribution in [0.25, 0.3) is 0 Å². The molecule has 0 aromatic heterocycles. The van der Waals surface area contributed by atoms with Crippen molar-refractivity contribution in [2.24, 2.45) is 5.92 Å². The van der Waals surface area contributed by atoms with E-state index in [1.807, 2.05) is 0 Å². The Morgan fingerprint density at radius 2 is 1.71 bits per heavy atom. The van der Waals surface area contributed by atoms with E-state index in [0.29, 0.717) is 0 Å². The molecule has 0 amide bonds. The second-order valence-corrected chi connectivity index (χ2v) is 11.7. The van der Waals surface area contributed by atoms with Crippen molar-refractivity contribution in [3.05, 3.63) is 12.2 Å². The second-order valence-electron chi connectivity index (χ2n) is 6.20. The van der Waals surface area contributed by atoms with Crippen LogP contribution in [-0.4, -0.2) is 8.07 Å². The van der Waals surface area contributed by atoms with E-state index in [1.54, 1.807) is 0 Å². The maximum atomic E-state index is 4.27. The zero-order valence-corrected chi connectivity index (χ0v) is 11.2. The van der Waals surface area contributed by atoms with Gasteiger partial charge in [0.25, 0.3) is 0 Å². The molecule has 1 aliphatic carbocycles. The topological polar surface area (TPSA) is 0 Å². The zero-order chi connectivity index (χ0) is 10.6. The third-order valence-electron chi connectivity index (χ3n) is 3.08. The molecule has 82 valence electrons. The van der Waals surface area contributed by atoms with Crippen LogP contribution in [0, 0.1) is 5.92 Å². The lowest BCUT2D eigenvalue weighted by Crippen LogP contribution is -2.20. The van der Waals surface area contributed by atoms with Gasteiger partial charge in [-0.25, -0.2) is 0 Å². The molecule has 14 heavy (non-hydrogen) atoms. The highest BCUT2D eigenvalue weighted by Gasteiger charge is 2.18. The van der Waals surface area contributed by atoms with Gasteiger partial charge in [0.05, 0.1) is 0 Å². The van der Waals surface area contributed by atoms with Crippen molar-refractivity contribution in [3.8, 4) is 0 Å². The molecule has 0 N–H and O–H groups in total. The minimum Gasteiger partial charge on any atom is -0.100 e. The van der Waals surface area contributed by atoms with Gasteiger partial charge in [-0.2, -0.15) is 0 Å². The number of allylic oxidation sites excluding steroid dienone is 1. The van der Waals surface area contributed by atoms with E-state index in [9.17, 15) is 0 Å². The van der Waals surface area contributed by atoms with E-state index < -0.39 is 8.07 Å². The Hall–Kier alpha value is -0.0431. The minimum absolute atomic E-state index is 0.904. The van der Waals surface area contributed by atoms with Crippen molar-refractivity contribution in [1.29, 1.82) is 0 Å². The van der Waals surface area contributed by atoms with Crippen molar-refractivity contribution in [3.63, 3.8) is 0 Å². The van der Waals surface area contributed by atoms with Gasteiger partial charge in [0, 0.05) is 8.07 Å². The van der Waals surface area contributed by atoms with Gasteiger partial charge in [-0.15, -0.1) is 6.58 Å². The Morgan fingerprint density at radius 3 is 2.21 bits per heavy atom. The van der Waals surface area contributed by atoms with Crippen LogP contribution in [0.3, 0.4) is 0 Å². The van der Waals surface area contributed by atoms with Crippen molar-refractivity contribution < 1.29 is 0 Å². The van der Waals surface area contributed by atoms with Crippen LogP contribution in [0.4, 0.5) is 0 Å². The molecule has 0 radical (unpaired) electrons. The summed E-state index contributed by atoms with van der Waals surface area (Å²) in [6.07, 6.45) is 8.65. The highest BCUT2D eigenvalue weighted by Crippen LogP contribution is 2.30. The van der Waals surface area contributed by atoms with Crippen molar-refractivity contribution in [2.45, 2.75) is 64.2 Å². The number of rotatable bonds is 4. The monoisotopic (exact) mass is 210 g/mol. The molecule has 0 aromatic carbocycles. The lowest BCUT2D eigenvalue weighted by molar-refractivity contribution is 0.356. The van der Waals surface area contributed by atoms with Crippen LogP contribution in [-0.2, 0) is 0 Å². The second kappa shape index (κ2) is 5.15. The van der Waals surface area contributed by atoms with E-state index in [2.05, 4.69) is 26.2 Å². The lowest BCUT2D eigenvalue weighted by atomic mass is 9.85. The average molecular weight is 210 g/mol. The fourth-order valence-corrected chi connectivity index (χ4v) is 4.27. The molecule has 0 unspecified atom stereocenters. The fourth-order valence-electron chi connectivity index (χ4n) is 2.62. The summed E-state index contributed by atoms with van der Waals surface area (Å²) < 4.78 is 0. The molecule has 0 aromatic rings. The standard InChI is InChI=1S/C13H26Si/c1-12(11-14(2,3)4)10-13-8-6-5-7-9-13/h13H,1,5-11H2,2-4H3. The maximum absolute atomic E-state index is 4.27. The molecule has 0 aliphatic heterocycles. The predicted molar refractivity (Wildman–Crippen MR) is 68.5 cm³/mol. The van der Waals surface area contributed by atoms with Crippen LogP contribution in [0.15, 0.2) is 12.2 Å².